The van der Waals surface area contributed by atoms with E-state index in [0.29, 0.717) is 17.8 Å². The molecule has 0 fully saturated rings. The summed E-state index contributed by atoms with van der Waals surface area (Å²) in [6.45, 7) is 13.1. The summed E-state index contributed by atoms with van der Waals surface area (Å²) in [7, 11) is -4.55. The van der Waals surface area contributed by atoms with E-state index in [-0.39, 0.29) is 5.75 Å². The molecular formula is C19H27O4P. The Morgan fingerprint density at radius 2 is 1.46 bits per heavy atom. The molecule has 5 heteroatoms. The third kappa shape index (κ3) is 4.00. The molecule has 4 nitrogen and oxygen atoms in total. The van der Waals surface area contributed by atoms with Gasteiger partial charge in [0, 0.05) is 0 Å². The second kappa shape index (κ2) is 6.87. The maximum atomic E-state index is 11.1. The molecule has 0 saturated carbocycles. The Labute approximate surface area is 144 Å². The van der Waals surface area contributed by atoms with E-state index in [1.807, 2.05) is 6.07 Å². The fourth-order valence-corrected chi connectivity index (χ4v) is 3.78. The summed E-state index contributed by atoms with van der Waals surface area (Å²) in [5.74, 6) is 1.33. The first-order chi connectivity index (χ1) is 11.0. The SMILES string of the molecule is CC(C)c1cc2cc(OP(=O)(O)O)ccc2c(C(C)C)c1C(C)C. The lowest BCUT2D eigenvalue weighted by Gasteiger charge is -2.25. The summed E-state index contributed by atoms with van der Waals surface area (Å²) in [5.41, 5.74) is 3.99. The molecule has 0 aliphatic carbocycles. The Balaban J connectivity index is 2.80. The highest BCUT2D eigenvalue weighted by molar-refractivity contribution is 7.46. The summed E-state index contributed by atoms with van der Waals surface area (Å²) in [5, 5.41) is 2.08. The monoisotopic (exact) mass is 350 g/mol. The first-order valence-electron chi connectivity index (χ1n) is 8.36. The lowest BCUT2D eigenvalue weighted by Crippen LogP contribution is -2.06. The van der Waals surface area contributed by atoms with E-state index < -0.39 is 7.82 Å². The molecule has 0 aliphatic rings. The van der Waals surface area contributed by atoms with Gasteiger partial charge in [-0.15, -0.1) is 0 Å². The second-order valence-corrected chi connectivity index (χ2v) is 8.39. The summed E-state index contributed by atoms with van der Waals surface area (Å²) in [6.07, 6.45) is 0. The van der Waals surface area contributed by atoms with Gasteiger partial charge in [0.2, 0.25) is 0 Å². The Hall–Kier alpha value is -1.35. The molecule has 2 aromatic rings. The molecule has 0 saturated heterocycles. The predicted molar refractivity (Wildman–Crippen MR) is 98.9 cm³/mol. The highest BCUT2D eigenvalue weighted by Gasteiger charge is 2.21. The van der Waals surface area contributed by atoms with Crippen molar-refractivity contribution in [3.8, 4) is 5.75 Å². The summed E-state index contributed by atoms with van der Waals surface area (Å²) >= 11 is 0. The lowest BCUT2D eigenvalue weighted by atomic mass is 9.80. The molecule has 0 heterocycles. The molecule has 2 rings (SSSR count). The molecular weight excluding hydrogens is 323 g/mol. The quantitative estimate of drug-likeness (QED) is 0.681. The standard InChI is InChI=1S/C19H27O4P/c1-11(2)17-10-14-9-15(23-24(20,21)22)7-8-16(14)18(12(3)4)19(17)13(5)6/h7-13H,1-6H3,(H2,20,21,22). The average molecular weight is 350 g/mol. The van der Waals surface area contributed by atoms with Crippen LogP contribution in [0.1, 0.15) is 76.0 Å². The zero-order chi connectivity index (χ0) is 18.2. The maximum Gasteiger partial charge on any atom is 0.524 e. The van der Waals surface area contributed by atoms with Crippen LogP contribution in [0.2, 0.25) is 0 Å². The highest BCUT2D eigenvalue weighted by Crippen LogP contribution is 2.42. The Kier molecular flexibility index (Phi) is 5.44. The van der Waals surface area contributed by atoms with Crippen molar-refractivity contribution in [3.63, 3.8) is 0 Å². The van der Waals surface area contributed by atoms with E-state index in [2.05, 4.69) is 47.6 Å². The van der Waals surface area contributed by atoms with E-state index in [1.165, 1.54) is 16.7 Å². The zero-order valence-electron chi connectivity index (χ0n) is 15.2. The molecule has 0 aromatic heterocycles. The van der Waals surface area contributed by atoms with Gasteiger partial charge in [-0.05, 0) is 57.3 Å². The van der Waals surface area contributed by atoms with Gasteiger partial charge < -0.3 is 4.52 Å². The number of benzene rings is 2. The minimum Gasteiger partial charge on any atom is -0.404 e. The van der Waals surface area contributed by atoms with Crippen LogP contribution in [0.4, 0.5) is 0 Å². The summed E-state index contributed by atoms with van der Waals surface area (Å²) < 4.78 is 15.9. The van der Waals surface area contributed by atoms with Crippen LogP contribution in [0.15, 0.2) is 24.3 Å². The summed E-state index contributed by atoms with van der Waals surface area (Å²) in [4.78, 5) is 18.1. The molecule has 0 spiro atoms. The molecule has 0 atom stereocenters. The fourth-order valence-electron chi connectivity index (χ4n) is 3.39. The number of hydrogen-bond donors (Lipinski definition) is 2. The van der Waals surface area contributed by atoms with Crippen molar-refractivity contribution in [2.24, 2.45) is 0 Å². The van der Waals surface area contributed by atoms with Gasteiger partial charge in [0.25, 0.3) is 0 Å². The van der Waals surface area contributed by atoms with Crippen LogP contribution in [0.3, 0.4) is 0 Å². The average Bonchev–Trinajstić information content (AvgIpc) is 2.42. The molecule has 132 valence electrons. The van der Waals surface area contributed by atoms with Crippen LogP contribution in [-0.2, 0) is 4.57 Å². The van der Waals surface area contributed by atoms with Crippen molar-refractivity contribution in [2.45, 2.75) is 59.3 Å². The third-order valence-electron chi connectivity index (χ3n) is 4.23. The van der Waals surface area contributed by atoms with E-state index in [0.717, 1.165) is 10.8 Å². The van der Waals surface area contributed by atoms with E-state index in [4.69, 9.17) is 14.3 Å². The second-order valence-electron chi connectivity index (χ2n) is 7.22. The molecule has 0 bridgehead atoms. The van der Waals surface area contributed by atoms with Gasteiger partial charge in [-0.1, -0.05) is 53.7 Å². The smallest absolute Gasteiger partial charge is 0.404 e. The molecule has 2 aromatic carbocycles. The minimum atomic E-state index is -4.55. The molecule has 24 heavy (non-hydrogen) atoms. The maximum absolute atomic E-state index is 11.1. The van der Waals surface area contributed by atoms with Gasteiger partial charge in [-0.25, -0.2) is 4.57 Å². The van der Waals surface area contributed by atoms with Crippen LogP contribution >= 0.6 is 7.82 Å². The van der Waals surface area contributed by atoms with E-state index in [9.17, 15) is 4.57 Å². The zero-order valence-corrected chi connectivity index (χ0v) is 16.1. The minimum absolute atomic E-state index is 0.192. The molecule has 2 N–H and O–H groups in total. The normalized spacial score (nSPS) is 12.6. The molecule has 0 aliphatic heterocycles. The topological polar surface area (TPSA) is 66.8 Å². The van der Waals surface area contributed by atoms with Crippen molar-refractivity contribution in [1.29, 1.82) is 0 Å². The number of fused-ring (bicyclic) bond motifs is 1. The first kappa shape index (κ1) is 19.0. The van der Waals surface area contributed by atoms with Gasteiger partial charge in [0.05, 0.1) is 0 Å². The Morgan fingerprint density at radius 1 is 0.875 bits per heavy atom. The largest absolute Gasteiger partial charge is 0.524 e. The van der Waals surface area contributed by atoms with Gasteiger partial charge >= 0.3 is 7.82 Å². The number of rotatable bonds is 5. The first-order valence-corrected chi connectivity index (χ1v) is 9.90. The number of phosphoric ester groups is 1. The Morgan fingerprint density at radius 3 is 1.92 bits per heavy atom. The lowest BCUT2D eigenvalue weighted by molar-refractivity contribution is 0.283. The number of phosphoric acid groups is 1. The van der Waals surface area contributed by atoms with Gasteiger partial charge in [0.1, 0.15) is 5.75 Å². The van der Waals surface area contributed by atoms with Crippen molar-refractivity contribution < 1.29 is 18.9 Å². The van der Waals surface area contributed by atoms with Crippen LogP contribution < -0.4 is 4.52 Å². The molecule has 0 unspecified atom stereocenters. The van der Waals surface area contributed by atoms with E-state index in [1.54, 1.807) is 12.1 Å². The van der Waals surface area contributed by atoms with Crippen molar-refractivity contribution in [3.05, 3.63) is 41.0 Å². The van der Waals surface area contributed by atoms with Crippen LogP contribution in [0, 0.1) is 0 Å². The van der Waals surface area contributed by atoms with Crippen LogP contribution in [0.25, 0.3) is 10.8 Å². The van der Waals surface area contributed by atoms with Gasteiger partial charge in [-0.2, -0.15) is 0 Å². The predicted octanol–water partition coefficient (Wildman–Crippen LogP) is 5.68. The van der Waals surface area contributed by atoms with Crippen LogP contribution in [0.5, 0.6) is 5.75 Å². The van der Waals surface area contributed by atoms with Crippen molar-refractivity contribution in [1.82, 2.24) is 0 Å². The van der Waals surface area contributed by atoms with Crippen molar-refractivity contribution >= 4 is 18.6 Å². The highest BCUT2D eigenvalue weighted by atomic mass is 31.2. The third-order valence-corrected chi connectivity index (χ3v) is 4.68. The van der Waals surface area contributed by atoms with Crippen molar-refractivity contribution in [2.75, 3.05) is 0 Å². The molecule has 0 amide bonds. The van der Waals surface area contributed by atoms with E-state index >= 15 is 0 Å². The Bertz CT molecular complexity index is 788. The summed E-state index contributed by atoms with van der Waals surface area (Å²) in [6, 6.07) is 7.39. The van der Waals surface area contributed by atoms with Crippen LogP contribution in [-0.4, -0.2) is 9.79 Å². The molecule has 0 radical (unpaired) electrons. The van der Waals surface area contributed by atoms with Gasteiger partial charge in [-0.3, -0.25) is 9.79 Å². The number of hydrogen-bond acceptors (Lipinski definition) is 2. The van der Waals surface area contributed by atoms with Gasteiger partial charge in [0.15, 0.2) is 0 Å². The fraction of sp³-hybridized carbons (Fsp3) is 0.474.